The second-order valence-electron chi connectivity index (χ2n) is 5.69. The molecule has 1 aromatic heterocycles. The number of ether oxygens (including phenoxy) is 4. The Bertz CT molecular complexity index is 1120. The quantitative estimate of drug-likeness (QED) is 0.557. The molecule has 0 spiro atoms. The number of methoxy groups -OCH3 is 3. The van der Waals surface area contributed by atoms with Crippen LogP contribution in [0.15, 0.2) is 52.9 Å². The Morgan fingerprint density at radius 3 is 2.20 bits per heavy atom. The van der Waals surface area contributed by atoms with Crippen LogP contribution in [-0.4, -0.2) is 40.6 Å². The van der Waals surface area contributed by atoms with Crippen LogP contribution in [0.1, 0.15) is 10.4 Å². The summed E-state index contributed by atoms with van der Waals surface area (Å²) in [5.41, 5.74) is 0.0516. The maximum absolute atomic E-state index is 12.9. The van der Waals surface area contributed by atoms with E-state index in [4.69, 9.17) is 18.9 Å². The number of benzene rings is 2. The van der Waals surface area contributed by atoms with Crippen LogP contribution in [0.25, 0.3) is 0 Å². The zero-order chi connectivity index (χ0) is 21.7. The minimum absolute atomic E-state index is 0.0411. The normalized spacial score (nSPS) is 10.9. The number of nitrogens with one attached hydrogen (secondary N) is 1. The minimum Gasteiger partial charge on any atom is -0.495 e. The van der Waals surface area contributed by atoms with Crippen LogP contribution < -0.4 is 23.7 Å². The molecule has 0 fully saturated rings. The molecule has 9 nitrogen and oxygen atoms in total. The van der Waals surface area contributed by atoms with Crippen molar-refractivity contribution in [1.29, 1.82) is 0 Å². The maximum Gasteiger partial charge on any atom is 0.278 e. The van der Waals surface area contributed by atoms with Gasteiger partial charge in [0.05, 0.1) is 21.3 Å². The van der Waals surface area contributed by atoms with Crippen LogP contribution >= 0.6 is 11.3 Å². The first-order chi connectivity index (χ1) is 14.4. The fourth-order valence-electron chi connectivity index (χ4n) is 2.56. The minimum atomic E-state index is -4.29. The SMILES string of the molecule is COc1cc(C(=O)NS(=O)(=O)c2c(OC)cccc2OC)ccc1Oc1nccs1. The zero-order valence-electron chi connectivity index (χ0n) is 16.2. The lowest BCUT2D eigenvalue weighted by atomic mass is 10.2. The summed E-state index contributed by atoms with van der Waals surface area (Å²) in [5, 5.41) is 2.15. The van der Waals surface area contributed by atoms with Gasteiger partial charge >= 0.3 is 0 Å². The first-order valence-corrected chi connectivity index (χ1v) is 10.8. The van der Waals surface area contributed by atoms with Gasteiger partial charge < -0.3 is 18.9 Å². The number of carbonyl (C=O) groups excluding carboxylic acids is 1. The molecule has 158 valence electrons. The number of aromatic nitrogens is 1. The molecule has 0 aliphatic rings. The van der Waals surface area contributed by atoms with E-state index in [9.17, 15) is 13.2 Å². The highest BCUT2D eigenvalue weighted by molar-refractivity contribution is 7.90. The molecule has 3 aromatic rings. The molecule has 0 radical (unpaired) electrons. The fourth-order valence-corrected chi connectivity index (χ4v) is 4.36. The fraction of sp³-hybridized carbons (Fsp3) is 0.158. The van der Waals surface area contributed by atoms with Crippen molar-refractivity contribution in [3.8, 4) is 28.2 Å². The van der Waals surface area contributed by atoms with Crippen molar-refractivity contribution in [2.75, 3.05) is 21.3 Å². The van der Waals surface area contributed by atoms with Crippen LogP contribution in [0.2, 0.25) is 0 Å². The second kappa shape index (κ2) is 9.01. The van der Waals surface area contributed by atoms with E-state index in [0.29, 0.717) is 10.9 Å². The van der Waals surface area contributed by atoms with E-state index >= 15 is 0 Å². The van der Waals surface area contributed by atoms with Gasteiger partial charge in [-0.25, -0.2) is 18.1 Å². The molecule has 0 bridgehead atoms. The van der Waals surface area contributed by atoms with Gasteiger partial charge in [0.2, 0.25) is 0 Å². The summed E-state index contributed by atoms with van der Waals surface area (Å²) in [6.45, 7) is 0. The summed E-state index contributed by atoms with van der Waals surface area (Å²) in [7, 11) is -0.247. The topological polar surface area (TPSA) is 113 Å². The van der Waals surface area contributed by atoms with Crippen LogP contribution in [0.5, 0.6) is 28.2 Å². The molecule has 1 N–H and O–H groups in total. The standard InChI is InChI=1S/C19H18N2O7S2/c1-25-14-5-4-6-15(26-2)17(14)30(23,24)21-18(22)12-7-8-13(16(11-12)27-3)28-19-20-9-10-29-19/h4-11H,1-3H3,(H,21,22). The number of carbonyl (C=O) groups is 1. The van der Waals surface area contributed by atoms with E-state index in [1.54, 1.807) is 17.6 Å². The van der Waals surface area contributed by atoms with Gasteiger partial charge in [0.25, 0.3) is 21.1 Å². The van der Waals surface area contributed by atoms with Gasteiger partial charge in [-0.1, -0.05) is 17.4 Å². The molecule has 0 saturated heterocycles. The highest BCUT2D eigenvalue weighted by Crippen LogP contribution is 2.34. The molecule has 0 atom stereocenters. The molecule has 1 heterocycles. The molecule has 3 rings (SSSR count). The largest absolute Gasteiger partial charge is 0.495 e. The van der Waals surface area contributed by atoms with Gasteiger partial charge in [-0.3, -0.25) is 4.79 Å². The van der Waals surface area contributed by atoms with Crippen molar-refractivity contribution in [2.45, 2.75) is 4.90 Å². The molecule has 0 aliphatic heterocycles. The summed E-state index contributed by atoms with van der Waals surface area (Å²) < 4.78 is 48.8. The molecule has 0 saturated carbocycles. The van der Waals surface area contributed by atoms with Crippen molar-refractivity contribution in [2.24, 2.45) is 0 Å². The number of sulfonamides is 1. The summed E-state index contributed by atoms with van der Waals surface area (Å²) in [6.07, 6.45) is 1.59. The molecular formula is C19H18N2O7S2. The number of rotatable bonds is 8. The lowest BCUT2D eigenvalue weighted by Gasteiger charge is -2.14. The highest BCUT2D eigenvalue weighted by Gasteiger charge is 2.27. The molecule has 0 unspecified atom stereocenters. The Labute approximate surface area is 177 Å². The predicted molar refractivity (Wildman–Crippen MR) is 109 cm³/mol. The van der Waals surface area contributed by atoms with Gasteiger partial charge in [0, 0.05) is 17.1 Å². The number of hydrogen-bond acceptors (Lipinski definition) is 9. The smallest absolute Gasteiger partial charge is 0.278 e. The van der Waals surface area contributed by atoms with Crippen molar-refractivity contribution >= 4 is 27.3 Å². The molecular weight excluding hydrogens is 432 g/mol. The van der Waals surface area contributed by atoms with Crippen LogP contribution in [0.4, 0.5) is 0 Å². The summed E-state index contributed by atoms with van der Waals surface area (Å²) in [6, 6.07) is 8.75. The monoisotopic (exact) mass is 450 g/mol. The van der Waals surface area contributed by atoms with Crippen LogP contribution in [-0.2, 0) is 10.0 Å². The maximum atomic E-state index is 12.9. The summed E-state index contributed by atoms with van der Waals surface area (Å²) >= 11 is 1.29. The molecule has 30 heavy (non-hydrogen) atoms. The molecule has 1 amide bonds. The van der Waals surface area contributed by atoms with Gasteiger partial charge in [0.15, 0.2) is 16.4 Å². The lowest BCUT2D eigenvalue weighted by Crippen LogP contribution is -2.31. The summed E-state index contributed by atoms with van der Waals surface area (Å²) in [5.74, 6) is -0.204. The van der Waals surface area contributed by atoms with Crippen LogP contribution in [0, 0.1) is 0 Å². The van der Waals surface area contributed by atoms with E-state index < -0.39 is 15.9 Å². The number of nitrogens with zero attached hydrogens (tertiary/aromatic N) is 1. The van der Waals surface area contributed by atoms with E-state index in [2.05, 4.69) is 4.98 Å². The number of hydrogen-bond donors (Lipinski definition) is 1. The zero-order valence-corrected chi connectivity index (χ0v) is 17.9. The Balaban J connectivity index is 1.89. The Morgan fingerprint density at radius 2 is 1.63 bits per heavy atom. The predicted octanol–water partition coefficient (Wildman–Crippen LogP) is 3.08. The van der Waals surface area contributed by atoms with Crippen LogP contribution in [0.3, 0.4) is 0 Å². The third-order valence-electron chi connectivity index (χ3n) is 3.91. The molecule has 0 aliphatic carbocycles. The first-order valence-electron chi connectivity index (χ1n) is 8.43. The Kier molecular flexibility index (Phi) is 6.43. The average molecular weight is 450 g/mol. The van der Waals surface area contributed by atoms with Crippen molar-refractivity contribution < 1.29 is 32.2 Å². The van der Waals surface area contributed by atoms with Gasteiger partial charge in [-0.2, -0.15) is 0 Å². The average Bonchev–Trinajstić information content (AvgIpc) is 3.26. The third-order valence-corrected chi connectivity index (χ3v) is 5.95. The number of thiazole rings is 1. The van der Waals surface area contributed by atoms with Crippen molar-refractivity contribution in [1.82, 2.24) is 9.71 Å². The Morgan fingerprint density at radius 1 is 0.967 bits per heavy atom. The van der Waals surface area contributed by atoms with E-state index in [-0.39, 0.29) is 27.7 Å². The number of amides is 1. The third kappa shape index (κ3) is 4.47. The Hall–Kier alpha value is -3.31. The highest BCUT2D eigenvalue weighted by atomic mass is 32.2. The first kappa shape index (κ1) is 21.4. The molecule has 2 aromatic carbocycles. The van der Waals surface area contributed by atoms with Gasteiger partial charge in [0.1, 0.15) is 11.5 Å². The van der Waals surface area contributed by atoms with E-state index in [0.717, 1.165) is 0 Å². The van der Waals surface area contributed by atoms with E-state index in [1.165, 1.54) is 63.0 Å². The van der Waals surface area contributed by atoms with Crippen molar-refractivity contribution in [3.05, 3.63) is 53.5 Å². The van der Waals surface area contributed by atoms with E-state index in [1.807, 2.05) is 4.72 Å². The second-order valence-corrected chi connectivity index (χ2v) is 8.17. The van der Waals surface area contributed by atoms with Gasteiger partial charge in [-0.05, 0) is 30.3 Å². The lowest BCUT2D eigenvalue weighted by molar-refractivity contribution is 0.0981. The summed E-state index contributed by atoms with van der Waals surface area (Å²) in [4.78, 5) is 16.4. The van der Waals surface area contributed by atoms with Crippen molar-refractivity contribution in [3.63, 3.8) is 0 Å². The molecule has 11 heteroatoms. The van der Waals surface area contributed by atoms with Gasteiger partial charge in [-0.15, -0.1) is 0 Å².